The molecule has 1 amide bonds. The molecule has 1 aromatic heterocycles. The molecule has 0 aliphatic heterocycles. The molecule has 3 atom stereocenters. The molecule has 0 unspecified atom stereocenters. The van der Waals surface area contributed by atoms with Gasteiger partial charge in [0.25, 0.3) is 5.91 Å². The number of ether oxygens (including phenoxy) is 2. The second-order valence-corrected chi connectivity index (χ2v) is 7.25. The van der Waals surface area contributed by atoms with Crippen LogP contribution in [0, 0.1) is 5.92 Å². The number of nitrogens with zero attached hydrogens (tertiary/aromatic N) is 2. The van der Waals surface area contributed by atoms with Crippen molar-refractivity contribution in [3.05, 3.63) is 42.2 Å². The van der Waals surface area contributed by atoms with Crippen LogP contribution < -0.4 is 10.1 Å². The minimum absolute atomic E-state index is 0.0389. The van der Waals surface area contributed by atoms with Gasteiger partial charge >= 0.3 is 5.97 Å². The van der Waals surface area contributed by atoms with Crippen LogP contribution in [0.3, 0.4) is 0 Å². The first-order chi connectivity index (χ1) is 13.5. The number of aromatic nitrogens is 2. The highest BCUT2D eigenvalue weighted by atomic mass is 16.6. The van der Waals surface area contributed by atoms with Gasteiger partial charge in [-0.2, -0.15) is 5.10 Å². The Bertz CT molecular complexity index is 818. The smallest absolute Gasteiger partial charge is 0.363 e. The van der Waals surface area contributed by atoms with Gasteiger partial charge < -0.3 is 14.8 Å². The molecule has 7 nitrogen and oxygen atoms in total. The number of para-hydroxylation sites is 1. The fourth-order valence-corrected chi connectivity index (χ4v) is 3.46. The van der Waals surface area contributed by atoms with E-state index in [0.29, 0.717) is 11.7 Å². The van der Waals surface area contributed by atoms with Crippen LogP contribution >= 0.6 is 0 Å². The lowest BCUT2D eigenvalue weighted by molar-refractivity contribution is -0.130. The van der Waals surface area contributed by atoms with E-state index in [1.807, 2.05) is 30.3 Å². The van der Waals surface area contributed by atoms with Gasteiger partial charge in [0.05, 0.1) is 19.0 Å². The van der Waals surface area contributed by atoms with Crippen molar-refractivity contribution in [3.63, 3.8) is 0 Å². The standard InChI is InChI=1S/C21H27N3O4/c1-14-9-7-8-12-17(14)22-20(25)15(2)28-21(26)19-18(27-3)13-24(23-19)16-10-5-4-6-11-16/h4-6,10-11,13-15,17H,7-9,12H2,1-3H3,(H,22,25)/t14-,15+,17+/m0/s1. The summed E-state index contributed by atoms with van der Waals surface area (Å²) < 4.78 is 12.2. The van der Waals surface area contributed by atoms with E-state index in [9.17, 15) is 9.59 Å². The van der Waals surface area contributed by atoms with Crippen LogP contribution in [0.1, 0.15) is 50.0 Å². The molecule has 0 spiro atoms. The van der Waals surface area contributed by atoms with Gasteiger partial charge in [0.1, 0.15) is 0 Å². The van der Waals surface area contributed by atoms with Crippen molar-refractivity contribution in [2.24, 2.45) is 5.92 Å². The molecular weight excluding hydrogens is 358 g/mol. The van der Waals surface area contributed by atoms with E-state index in [0.717, 1.165) is 24.9 Å². The predicted octanol–water partition coefficient (Wildman–Crippen LogP) is 3.12. The molecule has 2 aromatic rings. The van der Waals surface area contributed by atoms with Gasteiger partial charge in [-0.3, -0.25) is 4.79 Å². The average Bonchev–Trinajstić information content (AvgIpc) is 3.15. The fourth-order valence-electron chi connectivity index (χ4n) is 3.46. The van der Waals surface area contributed by atoms with Gasteiger partial charge in [-0.15, -0.1) is 0 Å². The Hall–Kier alpha value is -2.83. The number of esters is 1. The zero-order chi connectivity index (χ0) is 20.1. The highest BCUT2D eigenvalue weighted by Gasteiger charge is 2.28. The largest absolute Gasteiger partial charge is 0.493 e. The Balaban J connectivity index is 1.66. The molecule has 0 bridgehead atoms. The molecule has 3 rings (SSSR count). The number of benzene rings is 1. The molecule has 28 heavy (non-hydrogen) atoms. The van der Waals surface area contributed by atoms with Crippen LogP contribution in [0.25, 0.3) is 5.69 Å². The lowest BCUT2D eigenvalue weighted by atomic mass is 9.86. The number of hydrogen-bond acceptors (Lipinski definition) is 5. The molecule has 1 aromatic carbocycles. The van der Waals surface area contributed by atoms with Gasteiger partial charge in [-0.05, 0) is 37.8 Å². The van der Waals surface area contributed by atoms with Crippen molar-refractivity contribution < 1.29 is 19.1 Å². The molecule has 0 saturated heterocycles. The van der Waals surface area contributed by atoms with Gasteiger partial charge in [0, 0.05) is 6.04 Å². The summed E-state index contributed by atoms with van der Waals surface area (Å²) >= 11 is 0. The number of nitrogens with one attached hydrogen (secondary N) is 1. The van der Waals surface area contributed by atoms with Crippen LogP contribution in [-0.2, 0) is 9.53 Å². The SMILES string of the molecule is COc1cn(-c2ccccc2)nc1C(=O)O[C@H](C)C(=O)N[C@@H]1CCCC[C@@H]1C. The summed E-state index contributed by atoms with van der Waals surface area (Å²) in [5.74, 6) is -0.246. The summed E-state index contributed by atoms with van der Waals surface area (Å²) in [7, 11) is 1.46. The number of carbonyl (C=O) groups excluding carboxylic acids is 2. The van der Waals surface area contributed by atoms with E-state index in [4.69, 9.17) is 9.47 Å². The summed E-state index contributed by atoms with van der Waals surface area (Å²) in [6.45, 7) is 3.71. The molecule has 150 valence electrons. The van der Waals surface area contributed by atoms with Crippen molar-refractivity contribution in [1.82, 2.24) is 15.1 Å². The normalized spacial score (nSPS) is 20.2. The van der Waals surface area contributed by atoms with E-state index in [1.165, 1.54) is 13.5 Å². The maximum atomic E-state index is 12.6. The lowest BCUT2D eigenvalue weighted by Gasteiger charge is -2.30. The molecule has 1 N–H and O–H groups in total. The number of amides is 1. The zero-order valence-electron chi connectivity index (χ0n) is 16.6. The van der Waals surface area contributed by atoms with E-state index in [2.05, 4.69) is 17.3 Å². The summed E-state index contributed by atoms with van der Waals surface area (Å²) in [5.41, 5.74) is 0.828. The van der Waals surface area contributed by atoms with Crippen molar-refractivity contribution in [3.8, 4) is 11.4 Å². The number of hydrogen-bond donors (Lipinski definition) is 1. The van der Waals surface area contributed by atoms with Crippen molar-refractivity contribution >= 4 is 11.9 Å². The van der Waals surface area contributed by atoms with Gasteiger partial charge in [-0.25, -0.2) is 9.48 Å². The number of carbonyl (C=O) groups is 2. The fraction of sp³-hybridized carbons (Fsp3) is 0.476. The molecular formula is C21H27N3O4. The first-order valence-electron chi connectivity index (χ1n) is 9.70. The second kappa shape index (κ2) is 8.91. The molecule has 1 heterocycles. The first kappa shape index (κ1) is 19.9. The minimum Gasteiger partial charge on any atom is -0.493 e. The maximum absolute atomic E-state index is 12.6. The molecule has 7 heteroatoms. The zero-order valence-corrected chi connectivity index (χ0v) is 16.6. The lowest BCUT2D eigenvalue weighted by Crippen LogP contribution is -2.46. The van der Waals surface area contributed by atoms with Crippen LogP contribution in [0.4, 0.5) is 0 Å². The summed E-state index contributed by atoms with van der Waals surface area (Å²) in [6, 6.07) is 9.51. The highest BCUT2D eigenvalue weighted by molar-refractivity contribution is 5.93. The highest BCUT2D eigenvalue weighted by Crippen LogP contribution is 2.24. The maximum Gasteiger partial charge on any atom is 0.363 e. The van der Waals surface area contributed by atoms with Crippen LogP contribution in [0.15, 0.2) is 36.5 Å². The van der Waals surface area contributed by atoms with Crippen LogP contribution in [-0.4, -0.2) is 40.9 Å². The van der Waals surface area contributed by atoms with Gasteiger partial charge in [0.2, 0.25) is 5.69 Å². The van der Waals surface area contributed by atoms with Crippen molar-refractivity contribution in [2.45, 2.75) is 51.7 Å². The van der Waals surface area contributed by atoms with E-state index in [-0.39, 0.29) is 17.6 Å². The predicted molar refractivity (Wildman–Crippen MR) is 105 cm³/mol. The summed E-state index contributed by atoms with van der Waals surface area (Å²) in [4.78, 5) is 25.0. The number of rotatable bonds is 6. The third-order valence-corrected chi connectivity index (χ3v) is 5.21. The molecule has 0 radical (unpaired) electrons. The van der Waals surface area contributed by atoms with Crippen LogP contribution in [0.5, 0.6) is 5.75 Å². The molecule has 1 aliphatic carbocycles. The second-order valence-electron chi connectivity index (χ2n) is 7.25. The average molecular weight is 385 g/mol. The molecule has 1 saturated carbocycles. The quantitative estimate of drug-likeness (QED) is 0.773. The van der Waals surface area contributed by atoms with E-state index < -0.39 is 12.1 Å². The van der Waals surface area contributed by atoms with Crippen molar-refractivity contribution in [1.29, 1.82) is 0 Å². The molecule has 1 aliphatic rings. The number of methoxy groups -OCH3 is 1. The Morgan fingerprint density at radius 3 is 2.61 bits per heavy atom. The minimum atomic E-state index is -0.909. The third-order valence-electron chi connectivity index (χ3n) is 5.21. The first-order valence-corrected chi connectivity index (χ1v) is 9.70. The van der Waals surface area contributed by atoms with Gasteiger partial charge in [-0.1, -0.05) is 38.0 Å². The third kappa shape index (κ3) is 4.52. The Morgan fingerprint density at radius 2 is 1.93 bits per heavy atom. The van der Waals surface area contributed by atoms with Gasteiger partial charge in [0.15, 0.2) is 11.9 Å². The van der Waals surface area contributed by atoms with E-state index >= 15 is 0 Å². The van der Waals surface area contributed by atoms with Crippen molar-refractivity contribution in [2.75, 3.05) is 7.11 Å². The molecule has 1 fully saturated rings. The summed E-state index contributed by atoms with van der Waals surface area (Å²) in [5, 5.41) is 7.29. The summed E-state index contributed by atoms with van der Waals surface area (Å²) in [6.07, 6.45) is 5.07. The monoisotopic (exact) mass is 385 g/mol. The Kier molecular flexibility index (Phi) is 6.34. The van der Waals surface area contributed by atoms with Crippen LogP contribution in [0.2, 0.25) is 0 Å². The Labute approximate surface area is 165 Å². The Morgan fingerprint density at radius 1 is 1.21 bits per heavy atom. The topological polar surface area (TPSA) is 82.5 Å². The van der Waals surface area contributed by atoms with E-state index in [1.54, 1.807) is 17.8 Å².